The average molecular weight is 377 g/mol. The topological polar surface area (TPSA) is 72.9 Å². The Labute approximate surface area is 161 Å². The normalized spacial score (nSPS) is 13.6. The van der Waals surface area contributed by atoms with Crippen LogP contribution in [0.15, 0.2) is 30.3 Å². The molecule has 0 aliphatic carbocycles. The van der Waals surface area contributed by atoms with Gasteiger partial charge in [0, 0.05) is 20.4 Å². The average Bonchev–Trinajstić information content (AvgIpc) is 2.55. The molecule has 6 heteroatoms. The molecule has 0 saturated heterocycles. The largest absolute Gasteiger partial charge is 0.458 e. The highest BCUT2D eigenvalue weighted by atomic mass is 16.6. The molecule has 6 nitrogen and oxygen atoms in total. The maximum atomic E-state index is 13.0. The van der Waals surface area contributed by atoms with Gasteiger partial charge in [-0.05, 0) is 32.3 Å². The van der Waals surface area contributed by atoms with E-state index in [2.05, 4.69) is 0 Å². The van der Waals surface area contributed by atoms with Crippen molar-refractivity contribution in [3.8, 4) is 0 Å². The lowest BCUT2D eigenvalue weighted by atomic mass is 10.0. The fraction of sp³-hybridized carbons (Fsp3) is 0.571. The summed E-state index contributed by atoms with van der Waals surface area (Å²) in [5.74, 6) is -1.67. The number of carbonyl (C=O) groups is 3. The van der Waals surface area contributed by atoms with Crippen LogP contribution in [0.2, 0.25) is 0 Å². The van der Waals surface area contributed by atoms with Crippen LogP contribution in [0.25, 0.3) is 0 Å². The number of hydrogen-bond donors (Lipinski definition) is 0. The van der Waals surface area contributed by atoms with Gasteiger partial charge in [0.1, 0.15) is 11.6 Å². The molecule has 0 bridgehead atoms. The van der Waals surface area contributed by atoms with E-state index in [4.69, 9.17) is 9.47 Å². The van der Waals surface area contributed by atoms with Crippen molar-refractivity contribution in [2.24, 2.45) is 5.92 Å². The minimum Gasteiger partial charge on any atom is -0.458 e. The van der Waals surface area contributed by atoms with E-state index in [-0.39, 0.29) is 5.92 Å². The Balaban J connectivity index is 3.13. The van der Waals surface area contributed by atoms with Gasteiger partial charge >= 0.3 is 11.9 Å². The number of amides is 1. The van der Waals surface area contributed by atoms with Crippen molar-refractivity contribution in [2.45, 2.75) is 65.7 Å². The maximum absolute atomic E-state index is 13.0. The van der Waals surface area contributed by atoms with Crippen molar-refractivity contribution in [1.82, 2.24) is 4.90 Å². The quantitative estimate of drug-likeness (QED) is 0.683. The third-order valence-electron chi connectivity index (χ3n) is 3.91. The number of rotatable bonds is 7. The second-order valence-corrected chi connectivity index (χ2v) is 7.96. The molecule has 0 unspecified atom stereocenters. The van der Waals surface area contributed by atoms with Gasteiger partial charge < -0.3 is 14.4 Å². The van der Waals surface area contributed by atoms with Crippen LogP contribution >= 0.6 is 0 Å². The van der Waals surface area contributed by atoms with E-state index in [1.165, 1.54) is 11.8 Å². The molecule has 1 amide bonds. The summed E-state index contributed by atoms with van der Waals surface area (Å²) in [6.07, 6.45) is -0.642. The molecular formula is C21H31NO5. The highest BCUT2D eigenvalue weighted by Gasteiger charge is 2.36. The van der Waals surface area contributed by atoms with E-state index >= 15 is 0 Å². The van der Waals surface area contributed by atoms with Crippen LogP contribution in [-0.2, 0) is 30.3 Å². The zero-order valence-corrected chi connectivity index (χ0v) is 17.3. The summed E-state index contributed by atoms with van der Waals surface area (Å²) in [7, 11) is 1.54. The van der Waals surface area contributed by atoms with Gasteiger partial charge in [-0.2, -0.15) is 0 Å². The van der Waals surface area contributed by atoms with Crippen LogP contribution in [0, 0.1) is 5.92 Å². The molecule has 0 N–H and O–H groups in total. The fourth-order valence-corrected chi connectivity index (χ4v) is 2.59. The van der Waals surface area contributed by atoms with E-state index in [1.807, 2.05) is 30.3 Å². The molecule has 1 rings (SSSR count). The minimum atomic E-state index is -0.951. The van der Waals surface area contributed by atoms with Crippen molar-refractivity contribution in [3.05, 3.63) is 35.9 Å². The Morgan fingerprint density at radius 3 is 2.07 bits per heavy atom. The summed E-state index contributed by atoms with van der Waals surface area (Å²) >= 11 is 0. The number of nitrogens with zero attached hydrogens (tertiary/aromatic N) is 1. The van der Waals surface area contributed by atoms with Crippen LogP contribution in [0.1, 0.15) is 47.1 Å². The van der Waals surface area contributed by atoms with Crippen LogP contribution < -0.4 is 0 Å². The molecule has 0 spiro atoms. The number of likely N-dealkylation sites (N-methyl/N-ethyl adjacent to an activating group) is 1. The summed E-state index contributed by atoms with van der Waals surface area (Å²) in [4.78, 5) is 38.5. The Kier molecular flexibility index (Phi) is 8.00. The van der Waals surface area contributed by atoms with Crippen molar-refractivity contribution in [1.29, 1.82) is 0 Å². The molecule has 2 atom stereocenters. The lowest BCUT2D eigenvalue weighted by Crippen LogP contribution is -2.51. The van der Waals surface area contributed by atoms with Gasteiger partial charge in [-0.1, -0.05) is 44.2 Å². The summed E-state index contributed by atoms with van der Waals surface area (Å²) < 4.78 is 10.7. The first-order valence-electron chi connectivity index (χ1n) is 9.13. The number of esters is 2. The van der Waals surface area contributed by atoms with E-state index < -0.39 is 35.6 Å². The first-order chi connectivity index (χ1) is 12.4. The van der Waals surface area contributed by atoms with Crippen LogP contribution in [0.3, 0.4) is 0 Å². The number of carbonyl (C=O) groups excluding carboxylic acids is 3. The first kappa shape index (κ1) is 22.7. The highest BCUT2D eigenvalue weighted by molar-refractivity contribution is 5.88. The van der Waals surface area contributed by atoms with Crippen LogP contribution in [0.5, 0.6) is 0 Å². The summed E-state index contributed by atoms with van der Waals surface area (Å²) in [6, 6.07) is 8.59. The number of ether oxygens (including phenoxy) is 2. The van der Waals surface area contributed by atoms with Crippen molar-refractivity contribution in [2.75, 3.05) is 7.05 Å². The van der Waals surface area contributed by atoms with E-state index in [9.17, 15) is 14.4 Å². The van der Waals surface area contributed by atoms with Crippen molar-refractivity contribution in [3.63, 3.8) is 0 Å². The van der Waals surface area contributed by atoms with Gasteiger partial charge in [0.25, 0.3) is 5.91 Å². The zero-order chi connectivity index (χ0) is 20.8. The van der Waals surface area contributed by atoms with Gasteiger partial charge in [-0.25, -0.2) is 4.79 Å². The summed E-state index contributed by atoms with van der Waals surface area (Å²) in [5, 5.41) is 0. The third-order valence-corrected chi connectivity index (χ3v) is 3.91. The summed E-state index contributed by atoms with van der Waals surface area (Å²) in [5.41, 5.74) is 0.227. The Bertz CT molecular complexity index is 648. The van der Waals surface area contributed by atoms with Gasteiger partial charge in [-0.15, -0.1) is 0 Å². The van der Waals surface area contributed by atoms with Crippen molar-refractivity contribution < 1.29 is 23.9 Å². The molecule has 0 radical (unpaired) electrons. The van der Waals surface area contributed by atoms with Gasteiger partial charge in [-0.3, -0.25) is 9.59 Å². The highest BCUT2D eigenvalue weighted by Crippen LogP contribution is 2.18. The smallest absolute Gasteiger partial charge is 0.329 e. The van der Waals surface area contributed by atoms with Gasteiger partial charge in [0.2, 0.25) is 0 Å². The summed E-state index contributed by atoms with van der Waals surface area (Å²) in [6.45, 7) is 10.2. The number of hydrogen-bond acceptors (Lipinski definition) is 5. The maximum Gasteiger partial charge on any atom is 0.329 e. The molecule has 0 saturated carbocycles. The second kappa shape index (κ2) is 9.53. The molecule has 0 fully saturated rings. The van der Waals surface area contributed by atoms with E-state index in [0.717, 1.165) is 5.56 Å². The zero-order valence-electron chi connectivity index (χ0n) is 17.3. The van der Waals surface area contributed by atoms with E-state index in [1.54, 1.807) is 41.7 Å². The van der Waals surface area contributed by atoms with Crippen LogP contribution in [0.4, 0.5) is 0 Å². The lowest BCUT2D eigenvalue weighted by Gasteiger charge is -2.33. The van der Waals surface area contributed by atoms with Gasteiger partial charge in [0.05, 0.1) is 0 Å². The SMILES string of the molecule is CC(=O)O[C@@H](C(=O)N(C)[C@H](Cc1ccccc1)C(=O)OC(C)(C)C)C(C)C. The predicted molar refractivity (Wildman–Crippen MR) is 103 cm³/mol. The fourth-order valence-electron chi connectivity index (χ4n) is 2.59. The molecule has 0 heterocycles. The van der Waals surface area contributed by atoms with Crippen molar-refractivity contribution >= 4 is 17.8 Å². The first-order valence-corrected chi connectivity index (χ1v) is 9.13. The number of benzene rings is 1. The van der Waals surface area contributed by atoms with E-state index in [0.29, 0.717) is 6.42 Å². The monoisotopic (exact) mass is 377 g/mol. The second-order valence-electron chi connectivity index (χ2n) is 7.96. The molecule has 27 heavy (non-hydrogen) atoms. The standard InChI is InChI=1S/C21H31NO5/c1-14(2)18(26-15(3)23)19(24)22(7)17(20(25)27-21(4,5)6)13-16-11-9-8-10-12-16/h8-12,14,17-18H,13H2,1-7H3/t17-,18-/m1/s1. The Morgan fingerprint density at radius 1 is 1.07 bits per heavy atom. The minimum absolute atomic E-state index is 0.222. The third kappa shape index (κ3) is 7.41. The Morgan fingerprint density at radius 2 is 1.63 bits per heavy atom. The molecule has 0 aliphatic heterocycles. The molecule has 1 aromatic carbocycles. The lowest BCUT2D eigenvalue weighted by molar-refractivity contribution is -0.169. The molecule has 0 aliphatic rings. The predicted octanol–water partition coefficient (Wildman–Crippen LogP) is 2.99. The van der Waals surface area contributed by atoms with Crippen LogP contribution in [-0.4, -0.2) is 47.5 Å². The Hall–Kier alpha value is -2.37. The molecule has 1 aromatic rings. The molecule has 0 aromatic heterocycles. The molecule has 150 valence electrons. The van der Waals surface area contributed by atoms with Gasteiger partial charge in [0.15, 0.2) is 6.10 Å². The molecular weight excluding hydrogens is 346 g/mol.